The zero-order valence-electron chi connectivity index (χ0n) is 16.7. The van der Waals surface area contributed by atoms with Crippen LogP contribution in [0.25, 0.3) is 0 Å². The highest BCUT2D eigenvalue weighted by molar-refractivity contribution is 5.78. The molecule has 2 aromatic carbocycles. The Morgan fingerprint density at radius 2 is 1.75 bits per heavy atom. The molecule has 0 unspecified atom stereocenters. The summed E-state index contributed by atoms with van der Waals surface area (Å²) in [5.41, 5.74) is 2.15. The lowest BCUT2D eigenvalue weighted by atomic mass is 10.0. The van der Waals surface area contributed by atoms with Crippen LogP contribution < -0.4 is 19.5 Å². The van der Waals surface area contributed by atoms with Gasteiger partial charge in [-0.05, 0) is 43.1 Å². The van der Waals surface area contributed by atoms with E-state index in [1.54, 1.807) is 21.3 Å². The van der Waals surface area contributed by atoms with Crippen LogP contribution in [0.2, 0.25) is 0 Å². The fraction of sp³-hybridized carbons (Fsp3) is 0.409. The maximum absolute atomic E-state index is 12.5. The second kappa shape index (κ2) is 9.46. The van der Waals surface area contributed by atoms with Gasteiger partial charge in [0.2, 0.25) is 5.91 Å². The van der Waals surface area contributed by atoms with Gasteiger partial charge >= 0.3 is 0 Å². The third-order valence-electron chi connectivity index (χ3n) is 5.16. The van der Waals surface area contributed by atoms with Crippen molar-refractivity contribution in [3.8, 4) is 17.2 Å². The van der Waals surface area contributed by atoms with Crippen molar-refractivity contribution in [3.05, 3.63) is 53.6 Å². The number of benzene rings is 2. The van der Waals surface area contributed by atoms with E-state index in [4.69, 9.17) is 14.2 Å². The van der Waals surface area contributed by atoms with Crippen LogP contribution in [-0.4, -0.2) is 45.2 Å². The Morgan fingerprint density at radius 1 is 1.04 bits per heavy atom. The Hall–Kier alpha value is -2.73. The molecule has 0 radical (unpaired) electrons. The van der Waals surface area contributed by atoms with Gasteiger partial charge in [0.25, 0.3) is 0 Å². The van der Waals surface area contributed by atoms with Gasteiger partial charge < -0.3 is 19.5 Å². The summed E-state index contributed by atoms with van der Waals surface area (Å²) in [6.07, 6.45) is 2.07. The average molecular weight is 384 g/mol. The molecule has 2 aromatic rings. The molecule has 1 atom stereocenters. The fourth-order valence-electron chi connectivity index (χ4n) is 3.65. The molecule has 150 valence electrons. The zero-order chi connectivity index (χ0) is 19.9. The van der Waals surface area contributed by atoms with Crippen LogP contribution in [0.15, 0.2) is 42.5 Å². The molecule has 0 aromatic heterocycles. The number of methoxy groups -OCH3 is 3. The second-order valence-electron chi connectivity index (χ2n) is 6.86. The van der Waals surface area contributed by atoms with E-state index >= 15 is 0 Å². The largest absolute Gasteiger partial charge is 0.497 e. The number of nitrogens with one attached hydrogen (secondary N) is 1. The molecule has 3 rings (SSSR count). The van der Waals surface area contributed by atoms with Crippen molar-refractivity contribution < 1.29 is 19.0 Å². The number of carbonyl (C=O) groups is 1. The van der Waals surface area contributed by atoms with Gasteiger partial charge in [0.05, 0.1) is 27.9 Å². The third kappa shape index (κ3) is 4.75. The number of rotatable bonds is 8. The predicted octanol–water partition coefficient (Wildman–Crippen LogP) is 3.17. The summed E-state index contributed by atoms with van der Waals surface area (Å²) in [5.74, 6) is 2.40. The summed E-state index contributed by atoms with van der Waals surface area (Å²) in [5, 5.41) is 3.01. The van der Waals surface area contributed by atoms with Crippen LogP contribution in [0, 0.1) is 0 Å². The van der Waals surface area contributed by atoms with Crippen molar-refractivity contribution in [1.82, 2.24) is 10.2 Å². The third-order valence-corrected chi connectivity index (χ3v) is 5.16. The van der Waals surface area contributed by atoms with Gasteiger partial charge in [0.1, 0.15) is 17.2 Å². The van der Waals surface area contributed by atoms with Crippen molar-refractivity contribution in [2.45, 2.75) is 25.4 Å². The lowest BCUT2D eigenvalue weighted by Gasteiger charge is -2.26. The zero-order valence-corrected chi connectivity index (χ0v) is 16.7. The van der Waals surface area contributed by atoms with Gasteiger partial charge in [0, 0.05) is 24.2 Å². The van der Waals surface area contributed by atoms with E-state index in [1.807, 2.05) is 42.5 Å². The van der Waals surface area contributed by atoms with Crippen LogP contribution >= 0.6 is 0 Å². The highest BCUT2D eigenvalue weighted by atomic mass is 16.5. The fourth-order valence-corrected chi connectivity index (χ4v) is 3.65. The minimum absolute atomic E-state index is 0.0233. The molecule has 6 heteroatoms. The Bertz CT molecular complexity index is 792. The lowest BCUT2D eigenvalue weighted by Crippen LogP contribution is -2.36. The van der Waals surface area contributed by atoms with Gasteiger partial charge in [-0.25, -0.2) is 0 Å². The first-order valence-corrected chi connectivity index (χ1v) is 9.50. The molecule has 1 fully saturated rings. The molecular formula is C22H28N2O4. The summed E-state index contributed by atoms with van der Waals surface area (Å²) >= 11 is 0. The summed E-state index contributed by atoms with van der Waals surface area (Å²) in [6, 6.07) is 13.8. The maximum atomic E-state index is 12.5. The Balaban J connectivity index is 1.60. The molecule has 1 aliphatic rings. The lowest BCUT2D eigenvalue weighted by molar-refractivity contribution is -0.122. The molecule has 6 nitrogen and oxygen atoms in total. The highest BCUT2D eigenvalue weighted by Crippen LogP contribution is 2.38. The van der Waals surface area contributed by atoms with E-state index in [-0.39, 0.29) is 11.9 Å². The molecule has 1 aliphatic heterocycles. The minimum Gasteiger partial charge on any atom is -0.497 e. The number of amides is 1. The van der Waals surface area contributed by atoms with Gasteiger partial charge in [-0.1, -0.05) is 18.2 Å². The number of nitrogens with zero attached hydrogens (tertiary/aromatic N) is 1. The second-order valence-corrected chi connectivity index (χ2v) is 6.86. The van der Waals surface area contributed by atoms with E-state index in [0.717, 1.165) is 47.8 Å². The van der Waals surface area contributed by atoms with Crippen LogP contribution in [0.1, 0.15) is 30.0 Å². The van der Waals surface area contributed by atoms with E-state index < -0.39 is 0 Å². The first-order chi connectivity index (χ1) is 13.6. The molecule has 1 amide bonds. The highest BCUT2D eigenvalue weighted by Gasteiger charge is 2.29. The average Bonchev–Trinajstić information content (AvgIpc) is 3.19. The number of hydrogen-bond donors (Lipinski definition) is 1. The maximum Gasteiger partial charge on any atom is 0.234 e. The molecule has 1 saturated heterocycles. The van der Waals surface area contributed by atoms with E-state index in [1.165, 1.54) is 0 Å². The summed E-state index contributed by atoms with van der Waals surface area (Å²) in [6.45, 7) is 1.78. The van der Waals surface area contributed by atoms with E-state index in [2.05, 4.69) is 10.2 Å². The summed E-state index contributed by atoms with van der Waals surface area (Å²) in [7, 11) is 4.95. The predicted molar refractivity (Wildman–Crippen MR) is 108 cm³/mol. The van der Waals surface area contributed by atoms with Crippen LogP contribution in [-0.2, 0) is 11.3 Å². The van der Waals surface area contributed by atoms with Gasteiger partial charge in [-0.15, -0.1) is 0 Å². The molecule has 0 spiro atoms. The van der Waals surface area contributed by atoms with Gasteiger partial charge in [-0.2, -0.15) is 0 Å². The first-order valence-electron chi connectivity index (χ1n) is 9.50. The topological polar surface area (TPSA) is 60.0 Å². The van der Waals surface area contributed by atoms with Crippen LogP contribution in [0.3, 0.4) is 0 Å². The Kier molecular flexibility index (Phi) is 6.76. The molecule has 0 bridgehead atoms. The normalized spacial score (nSPS) is 16.6. The molecule has 1 N–H and O–H groups in total. The van der Waals surface area contributed by atoms with Crippen molar-refractivity contribution in [1.29, 1.82) is 0 Å². The summed E-state index contributed by atoms with van der Waals surface area (Å²) in [4.78, 5) is 14.7. The van der Waals surface area contributed by atoms with Gasteiger partial charge in [-0.3, -0.25) is 9.69 Å². The van der Waals surface area contributed by atoms with Crippen molar-refractivity contribution in [2.75, 3.05) is 34.4 Å². The van der Waals surface area contributed by atoms with Crippen molar-refractivity contribution in [2.24, 2.45) is 0 Å². The van der Waals surface area contributed by atoms with Crippen molar-refractivity contribution >= 4 is 5.91 Å². The molecule has 1 heterocycles. The number of ether oxygens (including phenoxy) is 3. The molecular weight excluding hydrogens is 356 g/mol. The Labute approximate surface area is 166 Å². The first kappa shape index (κ1) is 20.0. The van der Waals surface area contributed by atoms with E-state index in [0.29, 0.717) is 13.1 Å². The Morgan fingerprint density at radius 3 is 2.43 bits per heavy atom. The smallest absolute Gasteiger partial charge is 0.234 e. The number of carbonyl (C=O) groups excluding carboxylic acids is 1. The molecule has 0 aliphatic carbocycles. The molecule has 28 heavy (non-hydrogen) atoms. The van der Waals surface area contributed by atoms with E-state index in [9.17, 15) is 4.79 Å². The number of likely N-dealkylation sites (tertiary alicyclic amines) is 1. The van der Waals surface area contributed by atoms with Crippen LogP contribution in [0.5, 0.6) is 17.2 Å². The standard InChI is InChI=1S/C22H28N2O4/c1-26-17-8-6-16(7-9-17)14-23-22(25)15-24-12-4-5-20(24)19-11-10-18(27-2)13-21(19)28-3/h6-11,13,20H,4-5,12,14-15H2,1-3H3,(H,23,25)/t20-/m0/s1. The molecule has 0 saturated carbocycles. The quantitative estimate of drug-likeness (QED) is 0.758. The monoisotopic (exact) mass is 384 g/mol. The minimum atomic E-state index is 0.0233. The SMILES string of the molecule is COc1ccc(CNC(=O)CN2CCC[C@H]2c2ccc(OC)cc2OC)cc1. The van der Waals surface area contributed by atoms with Gasteiger partial charge in [0.15, 0.2) is 0 Å². The van der Waals surface area contributed by atoms with Crippen LogP contribution in [0.4, 0.5) is 0 Å². The number of hydrogen-bond acceptors (Lipinski definition) is 5. The van der Waals surface area contributed by atoms with Crippen molar-refractivity contribution in [3.63, 3.8) is 0 Å². The summed E-state index contributed by atoms with van der Waals surface area (Å²) < 4.78 is 16.0.